The van der Waals surface area contributed by atoms with Crippen molar-refractivity contribution in [3.8, 4) is 23.0 Å². The minimum Gasteiger partial charge on any atom is -0.495 e. The molecule has 3 aliphatic heterocycles. The van der Waals surface area contributed by atoms with E-state index in [1.54, 1.807) is 6.07 Å². The van der Waals surface area contributed by atoms with Crippen molar-refractivity contribution >= 4 is 23.8 Å². The maximum Gasteiger partial charge on any atom is 0.342 e. The topological polar surface area (TPSA) is 97.4 Å². The van der Waals surface area contributed by atoms with Crippen LogP contribution in [0.15, 0.2) is 30.3 Å². The van der Waals surface area contributed by atoms with Gasteiger partial charge >= 0.3 is 11.9 Å². The van der Waals surface area contributed by atoms with E-state index in [2.05, 4.69) is 0 Å². The molecule has 0 saturated carbocycles. The van der Waals surface area contributed by atoms with E-state index in [9.17, 15) is 14.4 Å². The molecule has 8 heteroatoms. The second-order valence-corrected chi connectivity index (χ2v) is 9.86. The number of hydrogen-bond donors (Lipinski definition) is 0. The normalized spacial score (nSPS) is 21.9. The smallest absolute Gasteiger partial charge is 0.342 e. The summed E-state index contributed by atoms with van der Waals surface area (Å²) in [5, 5.41) is 0. The van der Waals surface area contributed by atoms with Gasteiger partial charge in [0.25, 0.3) is 0 Å². The number of hydrogen-bond acceptors (Lipinski definition) is 8. The molecule has 0 saturated heterocycles. The summed E-state index contributed by atoms with van der Waals surface area (Å²) in [6, 6.07) is 7.30. The zero-order valence-electron chi connectivity index (χ0n) is 21.7. The van der Waals surface area contributed by atoms with Gasteiger partial charge in [-0.05, 0) is 61.9 Å². The SMILES string of the molecule is COc1c2c(cc3c1C(c1ccc4c(c1)OCCO4)CC(=O)O3)C=CCCCC(=O)CCC[C@H](C)OC2=O. The highest BCUT2D eigenvalue weighted by Gasteiger charge is 2.36. The van der Waals surface area contributed by atoms with Crippen molar-refractivity contribution in [1.82, 2.24) is 0 Å². The maximum absolute atomic E-state index is 13.6. The highest BCUT2D eigenvalue weighted by molar-refractivity contribution is 5.99. The Hall–Kier alpha value is -3.81. The number of ketones is 1. The summed E-state index contributed by atoms with van der Waals surface area (Å²) in [4.78, 5) is 38.4. The number of cyclic esters (lactones) is 1. The quantitative estimate of drug-likeness (QED) is 0.384. The fraction of sp³-hybridized carbons (Fsp3) is 0.433. The molecule has 2 aromatic rings. The molecule has 8 nitrogen and oxygen atoms in total. The average Bonchev–Trinajstić information content (AvgIpc) is 2.90. The summed E-state index contributed by atoms with van der Waals surface area (Å²) >= 11 is 0. The number of fused-ring (bicyclic) bond motifs is 3. The van der Waals surface area contributed by atoms with Gasteiger partial charge in [-0.3, -0.25) is 9.59 Å². The largest absolute Gasteiger partial charge is 0.495 e. The second kappa shape index (κ2) is 11.3. The van der Waals surface area contributed by atoms with Gasteiger partial charge in [0.2, 0.25) is 0 Å². The monoisotopic (exact) mass is 520 g/mol. The highest BCUT2D eigenvalue weighted by atomic mass is 16.6. The fourth-order valence-corrected chi connectivity index (χ4v) is 5.27. The van der Waals surface area contributed by atoms with Gasteiger partial charge in [0, 0.05) is 24.3 Å². The van der Waals surface area contributed by atoms with Crippen molar-refractivity contribution in [3.63, 3.8) is 0 Å². The Morgan fingerprint density at radius 2 is 1.74 bits per heavy atom. The molecule has 0 N–H and O–H groups in total. The Labute approximate surface area is 221 Å². The molecule has 38 heavy (non-hydrogen) atoms. The van der Waals surface area contributed by atoms with Crippen molar-refractivity contribution in [3.05, 3.63) is 52.6 Å². The first-order chi connectivity index (χ1) is 18.4. The third-order valence-electron chi connectivity index (χ3n) is 7.13. The first-order valence-corrected chi connectivity index (χ1v) is 13.2. The van der Waals surface area contributed by atoms with Crippen molar-refractivity contribution in [2.45, 2.75) is 63.9 Å². The molecular weight excluding hydrogens is 488 g/mol. The lowest BCUT2D eigenvalue weighted by Gasteiger charge is -2.29. The third-order valence-corrected chi connectivity index (χ3v) is 7.13. The van der Waals surface area contributed by atoms with Crippen LogP contribution in [0.4, 0.5) is 0 Å². The number of carbonyl (C=O) groups excluding carboxylic acids is 3. The molecule has 3 heterocycles. The van der Waals surface area contributed by atoms with Gasteiger partial charge in [-0.2, -0.15) is 0 Å². The van der Waals surface area contributed by atoms with E-state index in [0.29, 0.717) is 85.0 Å². The molecule has 1 unspecified atom stereocenters. The van der Waals surface area contributed by atoms with Gasteiger partial charge in [-0.1, -0.05) is 18.2 Å². The van der Waals surface area contributed by atoms with Crippen LogP contribution in [0.5, 0.6) is 23.0 Å². The third kappa shape index (κ3) is 5.39. The minimum absolute atomic E-state index is 0.0805. The van der Waals surface area contributed by atoms with Crippen LogP contribution < -0.4 is 18.9 Å². The Balaban J connectivity index is 1.62. The second-order valence-electron chi connectivity index (χ2n) is 9.86. The number of allylic oxidation sites excluding steroid dienone is 1. The van der Waals surface area contributed by atoms with Crippen LogP contribution in [0.1, 0.15) is 84.8 Å². The minimum atomic E-state index is -0.516. The first kappa shape index (κ1) is 25.8. The highest BCUT2D eigenvalue weighted by Crippen LogP contribution is 2.48. The Morgan fingerprint density at radius 1 is 0.947 bits per heavy atom. The van der Waals surface area contributed by atoms with Crippen LogP contribution in [0.25, 0.3) is 6.08 Å². The molecule has 0 aromatic heterocycles. The van der Waals surface area contributed by atoms with E-state index in [4.69, 9.17) is 23.7 Å². The number of benzene rings is 2. The molecule has 0 radical (unpaired) electrons. The number of esters is 2. The van der Waals surface area contributed by atoms with Crippen molar-refractivity contribution in [1.29, 1.82) is 0 Å². The van der Waals surface area contributed by atoms with Crippen LogP contribution in [0, 0.1) is 0 Å². The van der Waals surface area contributed by atoms with Crippen LogP contribution >= 0.6 is 0 Å². The lowest BCUT2D eigenvalue weighted by Crippen LogP contribution is -2.24. The molecule has 2 atom stereocenters. The van der Waals surface area contributed by atoms with Crippen molar-refractivity contribution in [2.75, 3.05) is 20.3 Å². The molecule has 2 aromatic carbocycles. The van der Waals surface area contributed by atoms with Crippen molar-refractivity contribution < 1.29 is 38.1 Å². The number of Topliss-reactive ketones (excluding diaryl/α,β-unsaturated/α-hetero) is 1. The van der Waals surface area contributed by atoms with E-state index in [1.165, 1.54) is 7.11 Å². The molecule has 0 spiro atoms. The van der Waals surface area contributed by atoms with E-state index >= 15 is 0 Å². The summed E-state index contributed by atoms with van der Waals surface area (Å²) in [7, 11) is 1.50. The number of rotatable bonds is 2. The van der Waals surface area contributed by atoms with Crippen LogP contribution in [0.3, 0.4) is 0 Å². The summed E-state index contributed by atoms with van der Waals surface area (Å²) in [6.07, 6.45) is 7.11. The molecule has 0 fully saturated rings. The Bertz CT molecular complexity index is 1280. The van der Waals surface area contributed by atoms with E-state index < -0.39 is 11.9 Å². The molecule has 200 valence electrons. The van der Waals surface area contributed by atoms with Gasteiger partial charge in [0.1, 0.15) is 36.1 Å². The fourth-order valence-electron chi connectivity index (χ4n) is 5.27. The summed E-state index contributed by atoms with van der Waals surface area (Å²) in [5.74, 6) is 0.850. The molecule has 0 amide bonds. The van der Waals surface area contributed by atoms with Gasteiger partial charge in [-0.25, -0.2) is 4.79 Å². The van der Waals surface area contributed by atoms with Crippen LogP contribution in [-0.2, 0) is 14.3 Å². The standard InChI is InChI=1S/C30H32O8/c1-18-7-6-10-21(31)9-5-3-4-8-20-16-25-28(29(34-2)27(20)30(33)37-18)22(17-26(32)38-25)19-11-12-23-24(15-19)36-14-13-35-23/h4,8,11-12,15-16,18,22H,3,5-7,9-10,13-14,17H2,1-2H3/t18-,22?/m0/s1. The van der Waals surface area contributed by atoms with E-state index in [0.717, 1.165) is 12.0 Å². The number of ether oxygens (including phenoxy) is 5. The van der Waals surface area contributed by atoms with Gasteiger partial charge in [-0.15, -0.1) is 0 Å². The predicted molar refractivity (Wildman–Crippen MR) is 139 cm³/mol. The summed E-state index contributed by atoms with van der Waals surface area (Å²) in [5.41, 5.74) is 2.28. The predicted octanol–water partition coefficient (Wildman–Crippen LogP) is 5.39. The molecule has 5 rings (SSSR count). The number of carbonyl (C=O) groups is 3. The van der Waals surface area contributed by atoms with Crippen LogP contribution in [-0.4, -0.2) is 44.1 Å². The van der Waals surface area contributed by atoms with E-state index in [1.807, 2.05) is 37.3 Å². The van der Waals surface area contributed by atoms with E-state index in [-0.39, 0.29) is 24.3 Å². The maximum atomic E-state index is 13.6. The van der Waals surface area contributed by atoms with Crippen molar-refractivity contribution in [2.24, 2.45) is 0 Å². The first-order valence-electron chi connectivity index (χ1n) is 13.2. The molecule has 0 aliphatic carbocycles. The lowest BCUT2D eigenvalue weighted by molar-refractivity contribution is -0.135. The zero-order valence-corrected chi connectivity index (χ0v) is 21.7. The van der Waals surface area contributed by atoms with Gasteiger partial charge in [0.15, 0.2) is 11.5 Å². The molecule has 3 aliphatic rings. The van der Waals surface area contributed by atoms with Gasteiger partial charge < -0.3 is 23.7 Å². The number of methoxy groups -OCH3 is 1. The average molecular weight is 521 g/mol. The lowest BCUT2D eigenvalue weighted by atomic mass is 9.83. The molecular formula is C30H32O8. The van der Waals surface area contributed by atoms with Gasteiger partial charge in [0.05, 0.1) is 19.6 Å². The Kier molecular flexibility index (Phi) is 7.67. The molecule has 0 bridgehead atoms. The Morgan fingerprint density at radius 3 is 2.55 bits per heavy atom. The van der Waals surface area contributed by atoms with Crippen LogP contribution in [0.2, 0.25) is 0 Å². The zero-order chi connectivity index (χ0) is 26.6. The summed E-state index contributed by atoms with van der Waals surface area (Å²) in [6.45, 7) is 2.75. The summed E-state index contributed by atoms with van der Waals surface area (Å²) < 4.78 is 28.8.